The van der Waals surface area contributed by atoms with Crippen LogP contribution in [-0.4, -0.2) is 11.7 Å². The first kappa shape index (κ1) is 29.2. The molecule has 4 nitrogen and oxygen atoms in total. The molecule has 0 bridgehead atoms. The van der Waals surface area contributed by atoms with E-state index in [0.29, 0.717) is 5.84 Å². The normalized spacial score (nSPS) is 14.5. The van der Waals surface area contributed by atoms with E-state index in [1.165, 1.54) is 38.2 Å². The molecule has 0 saturated carbocycles. The van der Waals surface area contributed by atoms with Crippen molar-refractivity contribution in [3.05, 3.63) is 193 Å². The van der Waals surface area contributed by atoms with Crippen molar-refractivity contribution in [1.82, 2.24) is 5.32 Å². The number of benzene rings is 8. The van der Waals surface area contributed by atoms with Gasteiger partial charge in [-0.15, -0.1) is 0 Å². The summed E-state index contributed by atoms with van der Waals surface area (Å²) >= 11 is 0. The molecule has 1 aromatic heterocycles. The lowest BCUT2D eigenvalue weighted by molar-refractivity contribution is 0.668. The minimum Gasteiger partial charge on any atom is -0.456 e. The Morgan fingerprint density at radius 3 is 1.92 bits per heavy atom. The van der Waals surface area contributed by atoms with Gasteiger partial charge in [-0.25, -0.2) is 9.98 Å². The van der Waals surface area contributed by atoms with Crippen molar-refractivity contribution in [2.45, 2.75) is 6.17 Å². The van der Waals surface area contributed by atoms with Crippen molar-refractivity contribution in [2.24, 2.45) is 9.98 Å². The molecule has 2 heterocycles. The maximum Gasteiger partial charge on any atom is 0.160 e. The summed E-state index contributed by atoms with van der Waals surface area (Å²) in [5.41, 5.74) is 9.32. The van der Waals surface area contributed by atoms with Crippen LogP contribution in [0.1, 0.15) is 22.9 Å². The zero-order chi connectivity index (χ0) is 33.7. The minimum atomic E-state index is -0.321. The Bertz CT molecular complexity index is 2820. The highest BCUT2D eigenvalue weighted by atomic mass is 16.3. The van der Waals surface area contributed by atoms with Gasteiger partial charge in [0, 0.05) is 21.9 Å². The molecular formula is C47H31N3O. The average Bonchev–Trinajstić information content (AvgIpc) is 3.59. The van der Waals surface area contributed by atoms with Gasteiger partial charge < -0.3 is 9.73 Å². The molecule has 0 aliphatic carbocycles. The molecule has 4 heteroatoms. The number of amidine groups is 2. The van der Waals surface area contributed by atoms with Crippen molar-refractivity contribution in [2.75, 3.05) is 0 Å². The summed E-state index contributed by atoms with van der Waals surface area (Å²) in [5.74, 6) is 1.45. The van der Waals surface area contributed by atoms with Gasteiger partial charge in [0.2, 0.25) is 0 Å². The zero-order valence-corrected chi connectivity index (χ0v) is 27.6. The first-order valence-electron chi connectivity index (χ1n) is 17.3. The van der Waals surface area contributed by atoms with Crippen LogP contribution >= 0.6 is 0 Å². The molecule has 1 atom stereocenters. The van der Waals surface area contributed by atoms with Crippen LogP contribution in [0.5, 0.6) is 0 Å². The summed E-state index contributed by atoms with van der Waals surface area (Å²) in [5, 5.41) is 10.6. The summed E-state index contributed by atoms with van der Waals surface area (Å²) in [7, 11) is 0. The van der Waals surface area contributed by atoms with Gasteiger partial charge in [0.25, 0.3) is 0 Å². The molecule has 0 saturated heterocycles. The van der Waals surface area contributed by atoms with Crippen molar-refractivity contribution in [1.29, 1.82) is 0 Å². The molecule has 0 amide bonds. The molecule has 0 spiro atoms. The third kappa shape index (κ3) is 5.08. The lowest BCUT2D eigenvalue weighted by Crippen LogP contribution is -2.33. The number of rotatable bonds is 5. The van der Waals surface area contributed by atoms with Crippen molar-refractivity contribution in [3.63, 3.8) is 0 Å². The Labute approximate surface area is 295 Å². The molecule has 10 rings (SSSR count). The largest absolute Gasteiger partial charge is 0.456 e. The predicted octanol–water partition coefficient (Wildman–Crippen LogP) is 11.7. The van der Waals surface area contributed by atoms with E-state index in [4.69, 9.17) is 14.4 Å². The number of nitrogens with one attached hydrogen (secondary N) is 1. The number of hydrogen-bond acceptors (Lipinski definition) is 4. The number of hydrogen-bond donors (Lipinski definition) is 1. The molecule has 9 aromatic rings. The fourth-order valence-corrected chi connectivity index (χ4v) is 7.44. The number of nitrogens with zero attached hydrogens (tertiary/aromatic N) is 2. The quantitative estimate of drug-likeness (QED) is 0.188. The van der Waals surface area contributed by atoms with Gasteiger partial charge >= 0.3 is 0 Å². The molecule has 1 aliphatic rings. The molecule has 0 radical (unpaired) electrons. The van der Waals surface area contributed by atoms with E-state index >= 15 is 0 Å². The van der Waals surface area contributed by atoms with E-state index < -0.39 is 0 Å². The second-order valence-corrected chi connectivity index (χ2v) is 13.0. The maximum absolute atomic E-state index is 6.60. The van der Waals surface area contributed by atoms with E-state index in [9.17, 15) is 0 Å². The summed E-state index contributed by atoms with van der Waals surface area (Å²) in [4.78, 5) is 10.4. The van der Waals surface area contributed by atoms with Crippen LogP contribution < -0.4 is 5.32 Å². The SMILES string of the molecule is c1ccc(C2=NC(c3cccc4oc5cc(-c6cc7ccccc7c7ccccc67)ccc5c34)=NC(c3ccc(-c4ccccc4)cc3)N2)cc1. The van der Waals surface area contributed by atoms with E-state index in [1.807, 2.05) is 36.4 Å². The van der Waals surface area contributed by atoms with Gasteiger partial charge in [0.15, 0.2) is 5.84 Å². The number of furan rings is 1. The van der Waals surface area contributed by atoms with Crippen molar-refractivity contribution in [3.8, 4) is 22.3 Å². The molecular weight excluding hydrogens is 623 g/mol. The maximum atomic E-state index is 6.60. The lowest BCUT2D eigenvalue weighted by Gasteiger charge is -2.24. The van der Waals surface area contributed by atoms with Crippen LogP contribution in [0.25, 0.3) is 65.7 Å². The van der Waals surface area contributed by atoms with E-state index in [2.05, 4.69) is 145 Å². The summed E-state index contributed by atoms with van der Waals surface area (Å²) in [6.45, 7) is 0. The van der Waals surface area contributed by atoms with E-state index in [0.717, 1.165) is 50.0 Å². The van der Waals surface area contributed by atoms with Crippen LogP contribution in [0.4, 0.5) is 0 Å². The van der Waals surface area contributed by atoms with E-state index in [1.54, 1.807) is 0 Å². The highest BCUT2D eigenvalue weighted by molar-refractivity contribution is 6.22. The fourth-order valence-electron chi connectivity index (χ4n) is 7.44. The van der Waals surface area contributed by atoms with Gasteiger partial charge in [-0.1, -0.05) is 152 Å². The van der Waals surface area contributed by atoms with Gasteiger partial charge in [-0.05, 0) is 73.6 Å². The van der Waals surface area contributed by atoms with Crippen LogP contribution in [0.3, 0.4) is 0 Å². The monoisotopic (exact) mass is 653 g/mol. The Hall–Kier alpha value is -6.78. The predicted molar refractivity (Wildman–Crippen MR) is 211 cm³/mol. The third-order valence-electron chi connectivity index (χ3n) is 9.94. The summed E-state index contributed by atoms with van der Waals surface area (Å²) < 4.78 is 6.60. The van der Waals surface area contributed by atoms with Gasteiger partial charge in [0.1, 0.15) is 23.2 Å². The molecule has 1 N–H and O–H groups in total. The smallest absolute Gasteiger partial charge is 0.160 e. The molecule has 0 fully saturated rings. The highest BCUT2D eigenvalue weighted by Gasteiger charge is 2.24. The zero-order valence-electron chi connectivity index (χ0n) is 27.6. The second kappa shape index (κ2) is 12.0. The number of aliphatic imine (C=N–C) groups is 2. The first-order valence-corrected chi connectivity index (χ1v) is 17.3. The van der Waals surface area contributed by atoms with Crippen LogP contribution in [-0.2, 0) is 0 Å². The molecule has 240 valence electrons. The molecule has 1 unspecified atom stereocenters. The third-order valence-corrected chi connectivity index (χ3v) is 9.94. The molecule has 1 aliphatic heterocycles. The van der Waals surface area contributed by atoms with Crippen molar-refractivity contribution < 1.29 is 4.42 Å². The standard InChI is InChI=1S/C47H31N3O/c1-3-12-30(13-4-1)31-22-24-33(25-23-31)46-48-45(32-14-5-2-6-15-32)49-47(50-46)40-20-11-21-42-44(40)39-27-26-35(29-43(39)51-42)41-28-34-16-7-8-17-36(34)37-18-9-10-19-38(37)41/h1-29,46H,(H,48,49,50). The Balaban J connectivity index is 1.11. The average molecular weight is 654 g/mol. The van der Waals surface area contributed by atoms with Gasteiger partial charge in [-0.3, -0.25) is 0 Å². The van der Waals surface area contributed by atoms with Gasteiger partial charge in [0.05, 0.1) is 0 Å². The van der Waals surface area contributed by atoms with Crippen LogP contribution in [0, 0.1) is 0 Å². The number of fused-ring (bicyclic) bond motifs is 6. The van der Waals surface area contributed by atoms with Crippen LogP contribution in [0.15, 0.2) is 190 Å². The minimum absolute atomic E-state index is 0.321. The Morgan fingerprint density at radius 2 is 1.12 bits per heavy atom. The highest BCUT2D eigenvalue weighted by Crippen LogP contribution is 2.39. The summed E-state index contributed by atoms with van der Waals surface area (Å²) in [6, 6.07) is 61.6. The van der Waals surface area contributed by atoms with E-state index in [-0.39, 0.29) is 6.17 Å². The van der Waals surface area contributed by atoms with Gasteiger partial charge in [-0.2, -0.15) is 0 Å². The molecule has 8 aromatic carbocycles. The fraction of sp³-hybridized carbons (Fsp3) is 0.0213. The topological polar surface area (TPSA) is 49.9 Å². The second-order valence-electron chi connectivity index (χ2n) is 13.0. The lowest BCUT2D eigenvalue weighted by atomic mass is 9.93. The molecule has 51 heavy (non-hydrogen) atoms. The Kier molecular flexibility index (Phi) is 6.85. The summed E-state index contributed by atoms with van der Waals surface area (Å²) in [6.07, 6.45) is -0.321. The van der Waals surface area contributed by atoms with Crippen LogP contribution in [0.2, 0.25) is 0 Å². The Morgan fingerprint density at radius 1 is 0.451 bits per heavy atom. The van der Waals surface area contributed by atoms with Crippen molar-refractivity contribution >= 4 is 55.2 Å². The first-order chi connectivity index (χ1) is 25.3.